The second-order valence-electron chi connectivity index (χ2n) is 4.49. The molecule has 1 aromatic carbocycles. The Bertz CT molecular complexity index is 501. The van der Waals surface area contributed by atoms with Crippen LogP contribution < -0.4 is 4.72 Å². The zero-order chi connectivity index (χ0) is 13.8. The average molecular weight is 335 g/mol. The van der Waals surface area contributed by atoms with Crippen LogP contribution in [0.1, 0.15) is 12.0 Å². The fourth-order valence-corrected chi connectivity index (χ4v) is 3.77. The first-order chi connectivity index (χ1) is 8.33. The van der Waals surface area contributed by atoms with E-state index < -0.39 is 10.0 Å². The van der Waals surface area contributed by atoms with Crippen molar-refractivity contribution in [1.82, 2.24) is 9.62 Å². The van der Waals surface area contributed by atoms with Crippen LogP contribution in [0.3, 0.4) is 0 Å². The fraction of sp³-hybridized carbons (Fsp3) is 0.500. The smallest absolute Gasteiger partial charge is 0.241 e. The lowest BCUT2D eigenvalue weighted by Crippen LogP contribution is -2.27. The van der Waals surface area contributed by atoms with Gasteiger partial charge in [0.1, 0.15) is 0 Å². The fourth-order valence-electron chi connectivity index (χ4n) is 1.50. The van der Waals surface area contributed by atoms with Gasteiger partial charge in [-0.15, -0.1) is 0 Å². The van der Waals surface area contributed by atoms with E-state index in [1.165, 1.54) is 0 Å². The van der Waals surface area contributed by atoms with E-state index >= 15 is 0 Å². The molecule has 0 heterocycles. The summed E-state index contributed by atoms with van der Waals surface area (Å²) in [6, 6.07) is 5.21. The van der Waals surface area contributed by atoms with E-state index in [1.807, 2.05) is 25.9 Å². The van der Waals surface area contributed by atoms with Crippen LogP contribution in [0.25, 0.3) is 0 Å². The maximum absolute atomic E-state index is 12.1. The minimum Gasteiger partial charge on any atom is -0.309 e. The lowest BCUT2D eigenvalue weighted by atomic mass is 10.2. The topological polar surface area (TPSA) is 49.4 Å². The number of rotatable bonds is 6. The highest BCUT2D eigenvalue weighted by molar-refractivity contribution is 9.10. The van der Waals surface area contributed by atoms with Gasteiger partial charge in [0, 0.05) is 11.0 Å². The zero-order valence-corrected chi connectivity index (χ0v) is 13.3. The van der Waals surface area contributed by atoms with Crippen LogP contribution in [0, 0.1) is 6.92 Å². The van der Waals surface area contributed by atoms with E-state index in [9.17, 15) is 8.42 Å². The molecule has 0 aliphatic rings. The summed E-state index contributed by atoms with van der Waals surface area (Å²) in [4.78, 5) is 2.31. The summed E-state index contributed by atoms with van der Waals surface area (Å²) in [6.45, 7) is 3.23. The number of nitrogens with zero attached hydrogens (tertiary/aromatic N) is 1. The predicted molar refractivity (Wildman–Crippen MR) is 77.2 cm³/mol. The van der Waals surface area contributed by atoms with Gasteiger partial charge in [0.15, 0.2) is 0 Å². The van der Waals surface area contributed by atoms with Crippen molar-refractivity contribution >= 4 is 26.0 Å². The van der Waals surface area contributed by atoms with Crippen molar-refractivity contribution in [3.63, 3.8) is 0 Å². The molecule has 0 fully saturated rings. The Morgan fingerprint density at radius 2 is 2.00 bits per heavy atom. The molecule has 1 N–H and O–H groups in total. The molecule has 0 unspecified atom stereocenters. The molecular formula is C12H19BrN2O2S. The summed E-state index contributed by atoms with van der Waals surface area (Å²) in [5.74, 6) is 0. The van der Waals surface area contributed by atoms with Gasteiger partial charge in [-0.2, -0.15) is 0 Å². The number of halogens is 1. The molecule has 1 aromatic rings. The van der Waals surface area contributed by atoms with Crippen LogP contribution in [0.5, 0.6) is 0 Å². The summed E-state index contributed by atoms with van der Waals surface area (Å²) in [7, 11) is 0.506. The Balaban J connectivity index is 2.69. The Labute approximate surface area is 118 Å². The molecule has 0 aliphatic carbocycles. The van der Waals surface area contributed by atoms with Gasteiger partial charge in [-0.05, 0) is 67.6 Å². The second kappa shape index (κ2) is 6.65. The Morgan fingerprint density at radius 3 is 2.56 bits per heavy atom. The van der Waals surface area contributed by atoms with Crippen LogP contribution in [0.15, 0.2) is 27.6 Å². The molecule has 0 saturated heterocycles. The number of hydrogen-bond acceptors (Lipinski definition) is 3. The number of sulfonamides is 1. The van der Waals surface area contributed by atoms with Gasteiger partial charge >= 0.3 is 0 Å². The molecule has 0 atom stereocenters. The van der Waals surface area contributed by atoms with Crippen molar-refractivity contribution in [3.05, 3.63) is 28.2 Å². The monoisotopic (exact) mass is 334 g/mol. The van der Waals surface area contributed by atoms with E-state index in [4.69, 9.17) is 0 Å². The Morgan fingerprint density at radius 1 is 1.33 bits per heavy atom. The summed E-state index contributed by atoms with van der Waals surface area (Å²) in [5, 5.41) is 0. The Hall–Kier alpha value is -0.430. The first-order valence-electron chi connectivity index (χ1n) is 5.73. The molecule has 0 bridgehead atoms. The summed E-state index contributed by atoms with van der Waals surface area (Å²) >= 11 is 3.29. The highest BCUT2D eigenvalue weighted by Gasteiger charge is 2.16. The number of aryl methyl sites for hydroxylation is 1. The lowest BCUT2D eigenvalue weighted by Gasteiger charge is -2.11. The summed E-state index contributed by atoms with van der Waals surface area (Å²) < 4.78 is 27.3. The Kier molecular flexibility index (Phi) is 5.78. The predicted octanol–water partition coefficient (Wildman–Crippen LogP) is 1.99. The lowest BCUT2D eigenvalue weighted by molar-refractivity contribution is 0.400. The standard InChI is InChI=1S/C12H19BrN2O2S/c1-10-5-6-12(11(13)9-10)18(16,17)14-7-4-8-15(2)3/h5-6,9,14H,4,7-8H2,1-3H3. The maximum Gasteiger partial charge on any atom is 0.241 e. The molecule has 1 rings (SSSR count). The first kappa shape index (κ1) is 15.6. The maximum atomic E-state index is 12.1. The van der Waals surface area contributed by atoms with Crippen molar-refractivity contribution in [2.24, 2.45) is 0 Å². The largest absolute Gasteiger partial charge is 0.309 e. The van der Waals surface area contributed by atoms with Crippen molar-refractivity contribution in [2.75, 3.05) is 27.2 Å². The molecule has 6 heteroatoms. The number of benzene rings is 1. The molecular weight excluding hydrogens is 316 g/mol. The molecule has 18 heavy (non-hydrogen) atoms. The molecule has 0 aliphatic heterocycles. The highest BCUT2D eigenvalue weighted by Crippen LogP contribution is 2.22. The van der Waals surface area contributed by atoms with Gasteiger partial charge in [0.05, 0.1) is 4.90 Å². The first-order valence-corrected chi connectivity index (χ1v) is 8.01. The molecule has 102 valence electrons. The van der Waals surface area contributed by atoms with E-state index in [0.29, 0.717) is 11.0 Å². The third kappa shape index (κ3) is 4.68. The molecule has 0 amide bonds. The van der Waals surface area contributed by atoms with Crippen LogP contribution in [-0.2, 0) is 10.0 Å². The molecule has 4 nitrogen and oxygen atoms in total. The van der Waals surface area contributed by atoms with E-state index in [1.54, 1.807) is 18.2 Å². The zero-order valence-electron chi connectivity index (χ0n) is 10.9. The van der Waals surface area contributed by atoms with Gasteiger partial charge in [-0.1, -0.05) is 6.07 Å². The summed E-state index contributed by atoms with van der Waals surface area (Å²) in [6.07, 6.45) is 0.787. The van der Waals surface area contributed by atoms with Crippen LogP contribution in [0.2, 0.25) is 0 Å². The van der Waals surface area contributed by atoms with Crippen LogP contribution in [-0.4, -0.2) is 40.5 Å². The van der Waals surface area contributed by atoms with E-state index in [0.717, 1.165) is 18.5 Å². The van der Waals surface area contributed by atoms with Gasteiger partial charge in [-0.25, -0.2) is 13.1 Å². The third-order valence-electron chi connectivity index (χ3n) is 2.45. The van der Waals surface area contributed by atoms with Crippen LogP contribution >= 0.6 is 15.9 Å². The minimum atomic E-state index is -3.42. The third-order valence-corrected chi connectivity index (χ3v) is 4.89. The highest BCUT2D eigenvalue weighted by atomic mass is 79.9. The molecule has 0 saturated carbocycles. The van der Waals surface area contributed by atoms with E-state index in [-0.39, 0.29) is 4.90 Å². The molecule has 0 radical (unpaired) electrons. The normalized spacial score (nSPS) is 12.1. The van der Waals surface area contributed by atoms with Crippen molar-refractivity contribution < 1.29 is 8.42 Å². The van der Waals surface area contributed by atoms with Gasteiger partial charge in [-0.3, -0.25) is 0 Å². The van der Waals surface area contributed by atoms with Crippen molar-refractivity contribution in [1.29, 1.82) is 0 Å². The van der Waals surface area contributed by atoms with Gasteiger partial charge in [0.25, 0.3) is 0 Å². The minimum absolute atomic E-state index is 0.290. The molecule has 0 aromatic heterocycles. The van der Waals surface area contributed by atoms with Gasteiger partial charge in [0.2, 0.25) is 10.0 Å². The summed E-state index contributed by atoms with van der Waals surface area (Å²) in [5.41, 5.74) is 1.02. The molecule has 0 spiro atoms. The van der Waals surface area contributed by atoms with Crippen molar-refractivity contribution in [3.8, 4) is 0 Å². The number of hydrogen-bond donors (Lipinski definition) is 1. The SMILES string of the molecule is Cc1ccc(S(=O)(=O)NCCCN(C)C)c(Br)c1. The van der Waals surface area contributed by atoms with E-state index in [2.05, 4.69) is 20.7 Å². The quantitative estimate of drug-likeness (QED) is 0.809. The van der Waals surface area contributed by atoms with Gasteiger partial charge < -0.3 is 4.90 Å². The van der Waals surface area contributed by atoms with Crippen molar-refractivity contribution in [2.45, 2.75) is 18.2 Å². The second-order valence-corrected chi connectivity index (χ2v) is 7.08. The number of nitrogens with one attached hydrogen (secondary N) is 1. The average Bonchev–Trinajstić information content (AvgIpc) is 2.23. The van der Waals surface area contributed by atoms with Crippen LogP contribution in [0.4, 0.5) is 0 Å².